The summed E-state index contributed by atoms with van der Waals surface area (Å²) in [5.74, 6) is 0. The van der Waals surface area contributed by atoms with E-state index in [9.17, 15) is 0 Å². The fraction of sp³-hybridized carbons (Fsp3) is 0.500. The first-order valence-corrected chi connectivity index (χ1v) is 6.54. The smallest absolute Gasteiger partial charge is 0.0345 e. The summed E-state index contributed by atoms with van der Waals surface area (Å²) >= 11 is 9.48. The van der Waals surface area contributed by atoms with Crippen molar-refractivity contribution in [3.8, 4) is 0 Å². The van der Waals surface area contributed by atoms with Gasteiger partial charge in [-0.15, -0.1) is 11.6 Å². The molecular formula is C12H17BrClN. The number of rotatable bonds is 6. The van der Waals surface area contributed by atoms with Crippen LogP contribution in [0, 0.1) is 0 Å². The second kappa shape index (κ2) is 7.26. The molecule has 1 aromatic rings. The fourth-order valence-corrected chi connectivity index (χ4v) is 1.90. The van der Waals surface area contributed by atoms with E-state index in [1.807, 2.05) is 6.07 Å². The molecule has 0 saturated heterocycles. The molecule has 0 spiro atoms. The van der Waals surface area contributed by atoms with Gasteiger partial charge >= 0.3 is 0 Å². The summed E-state index contributed by atoms with van der Waals surface area (Å²) in [5, 5.41) is 3.69. The van der Waals surface area contributed by atoms with E-state index in [2.05, 4.69) is 46.4 Å². The Balaban J connectivity index is 2.20. The Morgan fingerprint density at radius 2 is 2.27 bits per heavy atom. The van der Waals surface area contributed by atoms with Crippen LogP contribution in [0.3, 0.4) is 0 Å². The average molecular weight is 291 g/mol. The van der Waals surface area contributed by atoms with Crippen molar-refractivity contribution in [2.24, 2.45) is 0 Å². The molecule has 0 bridgehead atoms. The van der Waals surface area contributed by atoms with Crippen molar-refractivity contribution in [3.63, 3.8) is 0 Å². The zero-order valence-electron chi connectivity index (χ0n) is 8.97. The van der Waals surface area contributed by atoms with Crippen molar-refractivity contribution in [1.82, 2.24) is 5.32 Å². The zero-order chi connectivity index (χ0) is 11.1. The molecule has 1 nitrogen and oxygen atoms in total. The Kier molecular flexibility index (Phi) is 6.30. The van der Waals surface area contributed by atoms with Crippen LogP contribution in [0.4, 0.5) is 0 Å². The molecule has 0 aliphatic rings. The van der Waals surface area contributed by atoms with Gasteiger partial charge in [0.1, 0.15) is 0 Å². The molecule has 3 heteroatoms. The maximum atomic E-state index is 6.02. The Hall–Kier alpha value is -0.0500. The molecular weight excluding hydrogens is 273 g/mol. The molecule has 15 heavy (non-hydrogen) atoms. The van der Waals surface area contributed by atoms with Crippen LogP contribution in [0.2, 0.25) is 0 Å². The maximum absolute atomic E-state index is 6.02. The molecule has 1 aromatic carbocycles. The highest BCUT2D eigenvalue weighted by Crippen LogP contribution is 2.11. The third-order valence-electron chi connectivity index (χ3n) is 2.30. The quantitative estimate of drug-likeness (QED) is 0.618. The van der Waals surface area contributed by atoms with E-state index in [0.717, 1.165) is 30.4 Å². The van der Waals surface area contributed by atoms with E-state index in [-0.39, 0.29) is 0 Å². The molecule has 0 radical (unpaired) electrons. The van der Waals surface area contributed by atoms with Crippen molar-refractivity contribution in [3.05, 3.63) is 34.3 Å². The second-order valence-electron chi connectivity index (χ2n) is 3.60. The summed E-state index contributed by atoms with van der Waals surface area (Å²) in [6, 6.07) is 8.34. The lowest BCUT2D eigenvalue weighted by atomic mass is 10.2. The maximum Gasteiger partial charge on any atom is 0.0345 e. The summed E-state index contributed by atoms with van der Waals surface area (Å²) in [5.41, 5.74) is 1.30. The molecule has 1 N–H and O–H groups in total. The molecule has 0 fully saturated rings. The molecule has 0 aliphatic heterocycles. The average Bonchev–Trinajstić information content (AvgIpc) is 2.24. The molecule has 1 atom stereocenters. The van der Waals surface area contributed by atoms with Gasteiger partial charge in [-0.3, -0.25) is 0 Å². The third kappa shape index (κ3) is 5.55. The largest absolute Gasteiger partial charge is 0.313 e. The molecule has 0 aliphatic carbocycles. The third-order valence-corrected chi connectivity index (χ3v) is 3.32. The first-order chi connectivity index (χ1) is 7.22. The lowest BCUT2D eigenvalue weighted by Gasteiger charge is -2.08. The Morgan fingerprint density at radius 1 is 1.47 bits per heavy atom. The van der Waals surface area contributed by atoms with Gasteiger partial charge in [0.15, 0.2) is 0 Å². The molecule has 0 heterocycles. The highest BCUT2D eigenvalue weighted by Gasteiger charge is 2.00. The minimum atomic E-state index is 0.306. The van der Waals surface area contributed by atoms with Gasteiger partial charge in [-0.05, 0) is 37.1 Å². The lowest BCUT2D eigenvalue weighted by molar-refractivity contribution is 0.621. The van der Waals surface area contributed by atoms with E-state index in [1.54, 1.807) is 0 Å². The number of hydrogen-bond donors (Lipinski definition) is 1. The Morgan fingerprint density at radius 3 is 2.93 bits per heavy atom. The number of nitrogens with one attached hydrogen (secondary N) is 1. The summed E-state index contributed by atoms with van der Waals surface area (Å²) < 4.78 is 1.13. The van der Waals surface area contributed by atoms with Crippen molar-refractivity contribution in [2.45, 2.75) is 31.7 Å². The number of alkyl halides is 1. The highest BCUT2D eigenvalue weighted by molar-refractivity contribution is 9.10. The van der Waals surface area contributed by atoms with E-state index >= 15 is 0 Å². The first-order valence-electron chi connectivity index (χ1n) is 5.31. The van der Waals surface area contributed by atoms with E-state index in [0.29, 0.717) is 5.38 Å². The van der Waals surface area contributed by atoms with Gasteiger partial charge in [0.25, 0.3) is 0 Å². The van der Waals surface area contributed by atoms with Crippen molar-refractivity contribution in [2.75, 3.05) is 6.54 Å². The van der Waals surface area contributed by atoms with E-state index < -0.39 is 0 Å². The van der Waals surface area contributed by atoms with Gasteiger partial charge in [-0.2, -0.15) is 0 Å². The van der Waals surface area contributed by atoms with Crippen LogP contribution < -0.4 is 5.32 Å². The SMILES string of the molecule is CCC(Cl)CCNCc1cccc(Br)c1. The summed E-state index contributed by atoms with van der Waals surface area (Å²) in [6.45, 7) is 4.01. The topological polar surface area (TPSA) is 12.0 Å². The van der Waals surface area contributed by atoms with Gasteiger partial charge in [0.2, 0.25) is 0 Å². The fourth-order valence-electron chi connectivity index (χ4n) is 1.34. The van der Waals surface area contributed by atoms with Crippen LogP contribution in [-0.4, -0.2) is 11.9 Å². The zero-order valence-corrected chi connectivity index (χ0v) is 11.3. The van der Waals surface area contributed by atoms with Crippen LogP contribution in [0.15, 0.2) is 28.7 Å². The highest BCUT2D eigenvalue weighted by atomic mass is 79.9. The Labute approximate surface area is 105 Å². The minimum absolute atomic E-state index is 0.306. The number of hydrogen-bond acceptors (Lipinski definition) is 1. The first kappa shape index (κ1) is 13.0. The van der Waals surface area contributed by atoms with Crippen LogP contribution in [0.5, 0.6) is 0 Å². The van der Waals surface area contributed by atoms with Crippen LogP contribution in [0.1, 0.15) is 25.3 Å². The Bertz CT molecular complexity index is 291. The monoisotopic (exact) mass is 289 g/mol. The van der Waals surface area contributed by atoms with Gasteiger partial charge in [-0.1, -0.05) is 35.0 Å². The number of benzene rings is 1. The number of halogens is 2. The predicted molar refractivity (Wildman–Crippen MR) is 70.4 cm³/mol. The van der Waals surface area contributed by atoms with Crippen molar-refractivity contribution >= 4 is 27.5 Å². The van der Waals surface area contributed by atoms with Crippen LogP contribution in [-0.2, 0) is 6.54 Å². The van der Waals surface area contributed by atoms with E-state index in [4.69, 9.17) is 11.6 Å². The molecule has 0 aromatic heterocycles. The molecule has 0 saturated carbocycles. The second-order valence-corrected chi connectivity index (χ2v) is 5.13. The summed E-state index contributed by atoms with van der Waals surface area (Å²) in [4.78, 5) is 0. The van der Waals surface area contributed by atoms with Gasteiger partial charge < -0.3 is 5.32 Å². The molecule has 1 unspecified atom stereocenters. The molecule has 84 valence electrons. The normalized spacial score (nSPS) is 12.7. The molecule has 0 amide bonds. The minimum Gasteiger partial charge on any atom is -0.313 e. The van der Waals surface area contributed by atoms with Crippen LogP contribution in [0.25, 0.3) is 0 Å². The predicted octanol–water partition coefficient (Wildman–Crippen LogP) is 3.95. The van der Waals surface area contributed by atoms with Crippen molar-refractivity contribution in [1.29, 1.82) is 0 Å². The summed E-state index contributed by atoms with van der Waals surface area (Å²) in [6.07, 6.45) is 2.08. The standard InChI is InChI=1S/C12H17BrClN/c1-2-12(14)6-7-15-9-10-4-3-5-11(13)8-10/h3-5,8,12,15H,2,6-7,9H2,1H3. The van der Waals surface area contributed by atoms with Gasteiger partial charge in [-0.25, -0.2) is 0 Å². The van der Waals surface area contributed by atoms with E-state index in [1.165, 1.54) is 5.56 Å². The van der Waals surface area contributed by atoms with Gasteiger partial charge in [0, 0.05) is 16.4 Å². The van der Waals surface area contributed by atoms with Crippen molar-refractivity contribution < 1.29 is 0 Å². The molecule has 1 rings (SSSR count). The lowest BCUT2D eigenvalue weighted by Crippen LogP contribution is -2.17. The van der Waals surface area contributed by atoms with Crippen LogP contribution >= 0.6 is 27.5 Å². The summed E-state index contributed by atoms with van der Waals surface area (Å²) in [7, 11) is 0. The van der Waals surface area contributed by atoms with Gasteiger partial charge in [0.05, 0.1) is 0 Å².